The molecule has 24 heavy (non-hydrogen) atoms. The van der Waals surface area contributed by atoms with Gasteiger partial charge in [-0.2, -0.15) is 0 Å². The lowest BCUT2D eigenvalue weighted by molar-refractivity contribution is 0.0946. The van der Waals surface area contributed by atoms with Gasteiger partial charge in [-0.15, -0.1) is 11.3 Å². The summed E-state index contributed by atoms with van der Waals surface area (Å²) in [6.07, 6.45) is 5.83. The van der Waals surface area contributed by atoms with Crippen molar-refractivity contribution in [3.8, 4) is 0 Å². The first-order chi connectivity index (χ1) is 11.8. The van der Waals surface area contributed by atoms with Gasteiger partial charge < -0.3 is 5.32 Å². The largest absolute Gasteiger partial charge is 0.351 e. The zero-order valence-electron chi connectivity index (χ0n) is 14.0. The van der Waals surface area contributed by atoms with Crippen LogP contribution in [-0.2, 0) is 25.8 Å². The number of fused-ring (bicyclic) bond motifs is 2. The lowest BCUT2D eigenvalue weighted by Gasteiger charge is -2.28. The van der Waals surface area contributed by atoms with Crippen molar-refractivity contribution in [2.24, 2.45) is 0 Å². The molecule has 0 saturated heterocycles. The molecular weight excluding hydrogens is 316 g/mol. The van der Waals surface area contributed by atoms with Gasteiger partial charge in [-0.25, -0.2) is 0 Å². The summed E-state index contributed by atoms with van der Waals surface area (Å²) < 4.78 is 0. The molecule has 0 unspecified atom stereocenters. The van der Waals surface area contributed by atoms with E-state index in [2.05, 4.69) is 39.9 Å². The van der Waals surface area contributed by atoms with Crippen molar-refractivity contribution in [1.82, 2.24) is 10.2 Å². The molecule has 3 nitrogen and oxygen atoms in total. The topological polar surface area (TPSA) is 32.3 Å². The molecule has 126 valence electrons. The smallest absolute Gasteiger partial charge is 0.252 e. The van der Waals surface area contributed by atoms with Crippen LogP contribution in [-0.4, -0.2) is 30.4 Å². The minimum atomic E-state index is 0.117. The number of amides is 1. The Labute approximate surface area is 147 Å². The molecule has 1 amide bonds. The number of nitrogens with one attached hydrogen (secondary N) is 1. The highest BCUT2D eigenvalue weighted by Gasteiger charge is 2.20. The first-order valence-corrected chi connectivity index (χ1v) is 9.86. The van der Waals surface area contributed by atoms with Crippen LogP contribution in [0.25, 0.3) is 0 Å². The predicted octanol–water partition coefficient (Wildman–Crippen LogP) is 3.42. The van der Waals surface area contributed by atoms with E-state index in [4.69, 9.17) is 0 Å². The second kappa shape index (κ2) is 7.08. The molecule has 4 heteroatoms. The molecular formula is C20H24N2OS. The molecule has 2 aliphatic rings. The SMILES string of the molecule is O=C(NCCN1CCc2ccccc2C1)c1csc2c1CCCC2. The first-order valence-electron chi connectivity index (χ1n) is 8.98. The number of hydrogen-bond donors (Lipinski definition) is 1. The molecule has 0 atom stereocenters. The first kappa shape index (κ1) is 15.9. The molecule has 0 spiro atoms. The number of rotatable bonds is 4. The maximum atomic E-state index is 12.5. The van der Waals surface area contributed by atoms with Gasteiger partial charge in [0.15, 0.2) is 0 Å². The Bertz CT molecular complexity index is 737. The number of hydrogen-bond acceptors (Lipinski definition) is 3. The van der Waals surface area contributed by atoms with E-state index in [9.17, 15) is 4.79 Å². The van der Waals surface area contributed by atoms with E-state index in [1.54, 1.807) is 11.3 Å². The van der Waals surface area contributed by atoms with Crippen molar-refractivity contribution < 1.29 is 4.79 Å². The Morgan fingerprint density at radius 3 is 2.88 bits per heavy atom. The third-order valence-electron chi connectivity index (χ3n) is 5.23. The molecule has 1 aliphatic heterocycles. The Morgan fingerprint density at radius 2 is 1.96 bits per heavy atom. The summed E-state index contributed by atoms with van der Waals surface area (Å²) in [6, 6.07) is 8.69. The zero-order valence-corrected chi connectivity index (χ0v) is 14.8. The molecule has 2 heterocycles. The molecule has 2 aromatic rings. The van der Waals surface area contributed by atoms with E-state index in [-0.39, 0.29) is 5.91 Å². The van der Waals surface area contributed by atoms with Crippen LogP contribution in [0, 0.1) is 0 Å². The third-order valence-corrected chi connectivity index (χ3v) is 6.32. The monoisotopic (exact) mass is 340 g/mol. The summed E-state index contributed by atoms with van der Waals surface area (Å²) in [5, 5.41) is 5.19. The van der Waals surface area contributed by atoms with Crippen molar-refractivity contribution in [3.63, 3.8) is 0 Å². The fraction of sp³-hybridized carbons (Fsp3) is 0.450. The Hall–Kier alpha value is -1.65. The van der Waals surface area contributed by atoms with Gasteiger partial charge >= 0.3 is 0 Å². The van der Waals surface area contributed by atoms with E-state index in [0.29, 0.717) is 0 Å². The second-order valence-electron chi connectivity index (χ2n) is 6.81. The summed E-state index contributed by atoms with van der Waals surface area (Å²) >= 11 is 1.76. The molecule has 1 N–H and O–H groups in total. The fourth-order valence-corrected chi connectivity index (χ4v) is 4.98. The highest BCUT2D eigenvalue weighted by molar-refractivity contribution is 7.10. The Morgan fingerprint density at radius 1 is 1.12 bits per heavy atom. The third kappa shape index (κ3) is 3.26. The van der Waals surface area contributed by atoms with E-state index in [1.807, 2.05) is 0 Å². The van der Waals surface area contributed by atoms with Gasteiger partial charge in [-0.3, -0.25) is 9.69 Å². The van der Waals surface area contributed by atoms with Gasteiger partial charge in [0.2, 0.25) is 0 Å². The Kier molecular flexibility index (Phi) is 4.67. The maximum absolute atomic E-state index is 12.5. The van der Waals surface area contributed by atoms with Gasteiger partial charge in [-0.1, -0.05) is 24.3 Å². The number of carbonyl (C=O) groups excluding carboxylic acids is 1. The van der Waals surface area contributed by atoms with E-state index in [1.165, 1.54) is 34.4 Å². The molecule has 0 fully saturated rings. The number of thiophene rings is 1. The normalized spacial score (nSPS) is 17.2. The van der Waals surface area contributed by atoms with Crippen LogP contribution in [0.5, 0.6) is 0 Å². The summed E-state index contributed by atoms with van der Waals surface area (Å²) in [5.74, 6) is 0.117. The van der Waals surface area contributed by atoms with Crippen LogP contribution in [0.15, 0.2) is 29.6 Å². The Balaban J connectivity index is 1.30. The van der Waals surface area contributed by atoms with Crippen molar-refractivity contribution in [1.29, 1.82) is 0 Å². The number of aryl methyl sites for hydroxylation is 1. The van der Waals surface area contributed by atoms with Crippen molar-refractivity contribution in [3.05, 3.63) is 56.8 Å². The molecule has 1 aromatic carbocycles. The number of benzene rings is 1. The second-order valence-corrected chi connectivity index (χ2v) is 7.77. The van der Waals surface area contributed by atoms with Crippen LogP contribution >= 0.6 is 11.3 Å². The molecule has 1 aliphatic carbocycles. The lowest BCUT2D eigenvalue weighted by Crippen LogP contribution is -2.38. The summed E-state index contributed by atoms with van der Waals surface area (Å²) in [7, 11) is 0. The maximum Gasteiger partial charge on any atom is 0.252 e. The predicted molar refractivity (Wildman–Crippen MR) is 98.7 cm³/mol. The van der Waals surface area contributed by atoms with E-state index >= 15 is 0 Å². The van der Waals surface area contributed by atoms with Crippen LogP contribution in [0.1, 0.15) is 44.8 Å². The summed E-state index contributed by atoms with van der Waals surface area (Å²) in [4.78, 5) is 16.4. The molecule has 0 bridgehead atoms. The van der Waals surface area contributed by atoms with Gasteiger partial charge in [0.1, 0.15) is 0 Å². The average Bonchev–Trinajstić information content (AvgIpc) is 3.06. The molecule has 0 radical (unpaired) electrons. The van der Waals surface area contributed by atoms with Gasteiger partial charge in [0, 0.05) is 36.4 Å². The molecule has 4 rings (SSSR count). The number of nitrogens with zero attached hydrogens (tertiary/aromatic N) is 1. The lowest BCUT2D eigenvalue weighted by atomic mass is 9.95. The molecule has 1 aromatic heterocycles. The average molecular weight is 340 g/mol. The fourth-order valence-electron chi connectivity index (χ4n) is 3.85. The molecule has 0 saturated carbocycles. The van der Waals surface area contributed by atoms with Crippen LogP contribution in [0.4, 0.5) is 0 Å². The van der Waals surface area contributed by atoms with Crippen LogP contribution in [0.2, 0.25) is 0 Å². The highest BCUT2D eigenvalue weighted by Crippen LogP contribution is 2.30. The number of carbonyl (C=O) groups is 1. The van der Waals surface area contributed by atoms with Crippen LogP contribution < -0.4 is 5.32 Å². The van der Waals surface area contributed by atoms with Crippen molar-refractivity contribution >= 4 is 17.2 Å². The summed E-state index contributed by atoms with van der Waals surface area (Å²) in [5.41, 5.74) is 5.15. The highest BCUT2D eigenvalue weighted by atomic mass is 32.1. The standard InChI is InChI=1S/C20H24N2OS/c23-20(18-14-24-19-8-4-3-7-17(18)19)21-10-12-22-11-9-15-5-1-2-6-16(15)13-22/h1-2,5-6,14H,3-4,7-13H2,(H,21,23). The van der Waals surface area contributed by atoms with E-state index in [0.717, 1.165) is 51.0 Å². The van der Waals surface area contributed by atoms with Gasteiger partial charge in [0.05, 0.1) is 5.56 Å². The van der Waals surface area contributed by atoms with Gasteiger partial charge in [0.25, 0.3) is 5.91 Å². The minimum Gasteiger partial charge on any atom is -0.351 e. The van der Waals surface area contributed by atoms with Crippen LogP contribution in [0.3, 0.4) is 0 Å². The minimum absolute atomic E-state index is 0.117. The summed E-state index contributed by atoms with van der Waals surface area (Å²) in [6.45, 7) is 3.73. The quantitative estimate of drug-likeness (QED) is 0.925. The zero-order chi connectivity index (χ0) is 16.4. The van der Waals surface area contributed by atoms with E-state index < -0.39 is 0 Å². The van der Waals surface area contributed by atoms with Crippen molar-refractivity contribution in [2.75, 3.05) is 19.6 Å². The van der Waals surface area contributed by atoms with Gasteiger partial charge in [-0.05, 0) is 48.8 Å². The van der Waals surface area contributed by atoms with Crippen molar-refractivity contribution in [2.45, 2.75) is 38.6 Å².